The largest absolute Gasteiger partial charge is 0.461 e. The summed E-state index contributed by atoms with van der Waals surface area (Å²) in [4.78, 5) is 11.5. The highest BCUT2D eigenvalue weighted by molar-refractivity contribution is 5.70. The van der Waals surface area contributed by atoms with Gasteiger partial charge in [-0.1, -0.05) is 19.9 Å². The summed E-state index contributed by atoms with van der Waals surface area (Å²) >= 11 is 0. The van der Waals surface area contributed by atoms with Crippen molar-refractivity contribution in [2.24, 2.45) is 5.41 Å². The molecule has 2 nitrogen and oxygen atoms in total. The molecule has 0 N–H and O–H groups in total. The van der Waals surface area contributed by atoms with E-state index in [1.54, 1.807) is 13.8 Å². The van der Waals surface area contributed by atoms with Crippen molar-refractivity contribution >= 4 is 5.97 Å². The molecule has 0 heterocycles. The first-order valence-corrected chi connectivity index (χ1v) is 5.90. The molecule has 0 amide bonds. The second-order valence-corrected chi connectivity index (χ2v) is 5.08. The van der Waals surface area contributed by atoms with Gasteiger partial charge in [-0.25, -0.2) is 22.0 Å². The highest BCUT2D eigenvalue weighted by Gasteiger charge is 2.27. The lowest BCUT2D eigenvalue weighted by Gasteiger charge is -2.18. The summed E-state index contributed by atoms with van der Waals surface area (Å²) in [5.41, 5.74) is -1.80. The van der Waals surface area contributed by atoms with Crippen LogP contribution in [-0.2, 0) is 16.1 Å². The van der Waals surface area contributed by atoms with E-state index in [1.165, 1.54) is 6.08 Å². The normalized spacial score (nSPS) is 11.4. The molecule has 1 aromatic rings. The van der Waals surface area contributed by atoms with Crippen LogP contribution in [0.2, 0.25) is 0 Å². The minimum absolute atomic E-state index is 0.147. The number of allylic oxidation sites excluding steroid dienone is 1. The minimum atomic E-state index is -2.26. The fourth-order valence-corrected chi connectivity index (χ4v) is 1.42. The highest BCUT2D eigenvalue weighted by Crippen LogP contribution is 2.25. The van der Waals surface area contributed by atoms with E-state index in [4.69, 9.17) is 0 Å². The summed E-state index contributed by atoms with van der Waals surface area (Å²) in [5.74, 6) is -11.3. The monoisotopic (exact) mass is 308 g/mol. The molecule has 0 unspecified atom stereocenters. The van der Waals surface area contributed by atoms with Crippen LogP contribution in [0.1, 0.15) is 25.8 Å². The Balaban J connectivity index is 2.91. The van der Waals surface area contributed by atoms with Crippen LogP contribution < -0.4 is 0 Å². The molecular formula is C14H13F5O2. The molecule has 0 aliphatic carbocycles. The van der Waals surface area contributed by atoms with E-state index in [2.05, 4.69) is 11.3 Å². The fourth-order valence-electron chi connectivity index (χ4n) is 1.42. The Kier molecular flexibility index (Phi) is 5.09. The van der Waals surface area contributed by atoms with Crippen LogP contribution in [0.3, 0.4) is 0 Å². The highest BCUT2D eigenvalue weighted by atomic mass is 19.2. The zero-order valence-electron chi connectivity index (χ0n) is 11.4. The van der Waals surface area contributed by atoms with Crippen molar-refractivity contribution < 1.29 is 31.5 Å². The first-order chi connectivity index (χ1) is 9.60. The third-order valence-corrected chi connectivity index (χ3v) is 2.83. The van der Waals surface area contributed by atoms with Crippen molar-refractivity contribution in [3.8, 4) is 0 Å². The molecular weight excluding hydrogens is 295 g/mol. The first-order valence-electron chi connectivity index (χ1n) is 5.90. The Morgan fingerprint density at radius 3 is 1.90 bits per heavy atom. The SMILES string of the molecule is C=CC(C)(C)CC(=O)OCc1c(F)c(F)c(F)c(F)c1F. The summed E-state index contributed by atoms with van der Waals surface area (Å²) in [6, 6.07) is 0. The summed E-state index contributed by atoms with van der Waals surface area (Å²) in [6.45, 7) is 5.79. The van der Waals surface area contributed by atoms with E-state index in [0.29, 0.717) is 0 Å². The lowest BCUT2D eigenvalue weighted by atomic mass is 9.90. The van der Waals surface area contributed by atoms with Gasteiger partial charge >= 0.3 is 5.97 Å². The number of benzene rings is 1. The van der Waals surface area contributed by atoms with Gasteiger partial charge in [-0.2, -0.15) is 0 Å². The molecule has 0 saturated carbocycles. The molecule has 0 radical (unpaired) electrons. The van der Waals surface area contributed by atoms with Gasteiger partial charge in [0.25, 0.3) is 0 Å². The summed E-state index contributed by atoms with van der Waals surface area (Å²) in [5, 5.41) is 0. The van der Waals surface area contributed by atoms with Crippen molar-refractivity contribution in [2.75, 3.05) is 0 Å². The van der Waals surface area contributed by atoms with Crippen LogP contribution in [0, 0.1) is 34.5 Å². The van der Waals surface area contributed by atoms with Crippen molar-refractivity contribution in [3.05, 3.63) is 47.3 Å². The molecule has 7 heteroatoms. The van der Waals surface area contributed by atoms with Crippen molar-refractivity contribution in [1.29, 1.82) is 0 Å². The van der Waals surface area contributed by atoms with Crippen molar-refractivity contribution in [3.63, 3.8) is 0 Å². The van der Waals surface area contributed by atoms with Crippen LogP contribution in [0.4, 0.5) is 22.0 Å². The van der Waals surface area contributed by atoms with Gasteiger partial charge in [0.1, 0.15) is 6.61 Å². The quantitative estimate of drug-likeness (QED) is 0.270. The number of halogens is 5. The Morgan fingerprint density at radius 1 is 1.05 bits per heavy atom. The van der Waals surface area contributed by atoms with Crippen LogP contribution in [0.5, 0.6) is 0 Å². The topological polar surface area (TPSA) is 26.3 Å². The summed E-state index contributed by atoms with van der Waals surface area (Å²) in [7, 11) is 0. The number of esters is 1. The molecule has 0 atom stereocenters. The van der Waals surface area contributed by atoms with E-state index in [1.807, 2.05) is 0 Å². The number of carbonyl (C=O) groups excluding carboxylic acids is 1. The average molecular weight is 308 g/mol. The lowest BCUT2D eigenvalue weighted by molar-refractivity contribution is -0.146. The predicted octanol–water partition coefficient (Wildman–Crippen LogP) is 4.03. The van der Waals surface area contributed by atoms with Gasteiger partial charge in [-0.15, -0.1) is 6.58 Å². The van der Waals surface area contributed by atoms with E-state index in [0.717, 1.165) is 0 Å². The summed E-state index contributed by atoms with van der Waals surface area (Å²) in [6.07, 6.45) is 1.33. The Morgan fingerprint density at radius 2 is 1.48 bits per heavy atom. The maximum atomic E-state index is 13.3. The zero-order chi connectivity index (χ0) is 16.4. The van der Waals surface area contributed by atoms with E-state index in [9.17, 15) is 26.7 Å². The number of ether oxygens (including phenoxy) is 1. The van der Waals surface area contributed by atoms with E-state index >= 15 is 0 Å². The molecule has 0 spiro atoms. The lowest BCUT2D eigenvalue weighted by Crippen LogP contribution is -2.17. The molecule has 116 valence electrons. The van der Waals surface area contributed by atoms with Gasteiger partial charge in [-0.05, 0) is 5.41 Å². The van der Waals surface area contributed by atoms with Gasteiger partial charge < -0.3 is 4.74 Å². The van der Waals surface area contributed by atoms with Gasteiger partial charge in [0.2, 0.25) is 5.82 Å². The molecule has 0 bridgehead atoms. The average Bonchev–Trinajstić information content (AvgIpc) is 2.42. The Labute approximate surface area is 118 Å². The maximum absolute atomic E-state index is 13.3. The minimum Gasteiger partial charge on any atom is -0.461 e. The smallest absolute Gasteiger partial charge is 0.306 e. The Bertz CT molecular complexity index is 552. The molecule has 1 aromatic carbocycles. The van der Waals surface area contributed by atoms with Crippen LogP contribution in [-0.4, -0.2) is 5.97 Å². The maximum Gasteiger partial charge on any atom is 0.306 e. The Hall–Kier alpha value is -1.92. The standard InChI is InChI=1S/C14H13F5O2/c1-4-14(2,3)5-8(20)21-6-7-9(15)11(17)13(19)12(18)10(7)16/h4H,1,5-6H2,2-3H3. The number of hydrogen-bond acceptors (Lipinski definition) is 2. The summed E-state index contributed by atoms with van der Waals surface area (Å²) < 4.78 is 69.9. The fraction of sp³-hybridized carbons (Fsp3) is 0.357. The molecule has 0 aliphatic rings. The first kappa shape index (κ1) is 17.1. The number of carbonyl (C=O) groups is 1. The van der Waals surface area contributed by atoms with Crippen LogP contribution in [0.25, 0.3) is 0 Å². The third kappa shape index (κ3) is 3.80. The molecule has 0 aromatic heterocycles. The zero-order valence-corrected chi connectivity index (χ0v) is 11.4. The van der Waals surface area contributed by atoms with E-state index in [-0.39, 0.29) is 6.42 Å². The van der Waals surface area contributed by atoms with E-state index < -0.39 is 52.6 Å². The molecule has 0 aliphatic heterocycles. The van der Waals surface area contributed by atoms with Gasteiger partial charge in [0, 0.05) is 0 Å². The van der Waals surface area contributed by atoms with Gasteiger partial charge in [-0.3, -0.25) is 4.79 Å². The van der Waals surface area contributed by atoms with Crippen LogP contribution in [0.15, 0.2) is 12.7 Å². The molecule has 0 saturated heterocycles. The number of hydrogen-bond donors (Lipinski definition) is 0. The second kappa shape index (κ2) is 6.24. The van der Waals surface area contributed by atoms with Crippen LogP contribution >= 0.6 is 0 Å². The predicted molar refractivity (Wildman–Crippen MR) is 64.6 cm³/mol. The second-order valence-electron chi connectivity index (χ2n) is 5.08. The number of rotatable bonds is 5. The molecule has 0 fully saturated rings. The van der Waals surface area contributed by atoms with Gasteiger partial charge in [0.05, 0.1) is 12.0 Å². The molecule has 21 heavy (non-hydrogen) atoms. The molecule has 1 rings (SSSR count). The third-order valence-electron chi connectivity index (χ3n) is 2.83. The van der Waals surface area contributed by atoms with Gasteiger partial charge in [0.15, 0.2) is 23.3 Å². The van der Waals surface area contributed by atoms with Crippen molar-refractivity contribution in [2.45, 2.75) is 26.9 Å². The van der Waals surface area contributed by atoms with Crippen molar-refractivity contribution in [1.82, 2.24) is 0 Å².